The lowest BCUT2D eigenvalue weighted by molar-refractivity contribution is -0.469. The van der Waals surface area contributed by atoms with Gasteiger partial charge in [0.1, 0.15) is 5.75 Å². The Balaban J connectivity index is 2.30. The van der Waals surface area contributed by atoms with Gasteiger partial charge in [-0.2, -0.15) is 0 Å². The number of rotatable bonds is 3. The van der Waals surface area contributed by atoms with Crippen molar-refractivity contribution in [3.8, 4) is 5.75 Å². The second-order valence-electron chi connectivity index (χ2n) is 3.29. The molecule has 1 heterocycles. The molecule has 0 unspecified atom stereocenters. The van der Waals surface area contributed by atoms with Crippen molar-refractivity contribution in [2.24, 2.45) is 0 Å². The van der Waals surface area contributed by atoms with Crippen LogP contribution in [0.25, 0.3) is 10.9 Å². The van der Waals surface area contributed by atoms with Crippen LogP contribution in [0.5, 0.6) is 5.75 Å². The number of carbonyl (C=O) groups is 1. The van der Waals surface area contributed by atoms with Crippen LogP contribution in [-0.4, -0.2) is 22.4 Å². The van der Waals surface area contributed by atoms with Crippen LogP contribution in [0.15, 0.2) is 36.5 Å². The Morgan fingerprint density at radius 2 is 2.18 bits per heavy atom. The van der Waals surface area contributed by atoms with Crippen molar-refractivity contribution in [1.82, 2.24) is 4.98 Å². The fraction of sp³-hybridized carbons (Fsp3) is 0.0909. The van der Waals surface area contributed by atoms with Gasteiger partial charge in [-0.05, 0) is 24.3 Å². The van der Waals surface area contributed by atoms with Crippen LogP contribution < -0.4 is 4.74 Å². The zero-order valence-electron chi connectivity index (χ0n) is 8.70. The summed E-state index contributed by atoms with van der Waals surface area (Å²) in [7, 11) is 0. The molecular formula is C11H8N2O4. The minimum atomic E-state index is -0.897. The number of aromatic nitrogens is 1. The molecule has 0 atom stereocenters. The first kappa shape index (κ1) is 11.0. The summed E-state index contributed by atoms with van der Waals surface area (Å²) in [6.07, 6.45) is 1.62. The Hall–Kier alpha value is -2.50. The molecule has 1 aromatic carbocycles. The third kappa shape index (κ3) is 2.54. The van der Waals surface area contributed by atoms with E-state index in [2.05, 4.69) is 4.98 Å². The lowest BCUT2D eigenvalue weighted by Gasteiger charge is -2.04. The molecule has 0 saturated carbocycles. The zero-order valence-corrected chi connectivity index (χ0v) is 8.70. The molecule has 17 heavy (non-hydrogen) atoms. The average molecular weight is 232 g/mol. The van der Waals surface area contributed by atoms with E-state index >= 15 is 0 Å². The van der Waals surface area contributed by atoms with E-state index in [-0.39, 0.29) is 5.75 Å². The van der Waals surface area contributed by atoms with Gasteiger partial charge in [-0.15, -0.1) is 0 Å². The summed E-state index contributed by atoms with van der Waals surface area (Å²) in [4.78, 5) is 24.7. The van der Waals surface area contributed by atoms with Gasteiger partial charge in [0.15, 0.2) is 0 Å². The second-order valence-corrected chi connectivity index (χ2v) is 3.29. The lowest BCUT2D eigenvalue weighted by atomic mass is 10.2. The van der Waals surface area contributed by atoms with Crippen molar-refractivity contribution >= 4 is 16.9 Å². The predicted octanol–water partition coefficient (Wildman–Crippen LogP) is 1.42. The zero-order chi connectivity index (χ0) is 12.3. The number of carbonyl (C=O) groups excluding carboxylic acids is 1. The predicted molar refractivity (Wildman–Crippen MR) is 59.2 cm³/mol. The quantitative estimate of drug-likeness (QED) is 0.346. The van der Waals surface area contributed by atoms with Gasteiger partial charge in [-0.3, -0.25) is 15.1 Å². The van der Waals surface area contributed by atoms with E-state index < -0.39 is 17.4 Å². The molecule has 86 valence electrons. The van der Waals surface area contributed by atoms with Gasteiger partial charge in [0, 0.05) is 16.5 Å². The number of nitrogens with zero attached hydrogens (tertiary/aromatic N) is 2. The Kier molecular flexibility index (Phi) is 2.95. The maximum atomic E-state index is 11.2. The van der Waals surface area contributed by atoms with Crippen molar-refractivity contribution in [2.45, 2.75) is 0 Å². The van der Waals surface area contributed by atoms with E-state index in [0.29, 0.717) is 10.9 Å². The largest absolute Gasteiger partial charge is 0.421 e. The first-order chi connectivity index (χ1) is 8.16. The summed E-state index contributed by atoms with van der Waals surface area (Å²) in [6.45, 7) is -0.851. The van der Waals surface area contributed by atoms with E-state index in [4.69, 9.17) is 4.74 Å². The summed E-state index contributed by atoms with van der Waals surface area (Å²) in [5, 5.41) is 10.8. The maximum absolute atomic E-state index is 11.2. The molecule has 0 N–H and O–H groups in total. The second kappa shape index (κ2) is 4.56. The molecule has 0 saturated heterocycles. The summed E-state index contributed by atoms with van der Waals surface area (Å²) in [5.41, 5.74) is 0.666. The number of fused-ring (bicyclic) bond motifs is 1. The molecule has 2 aromatic rings. The van der Waals surface area contributed by atoms with E-state index in [1.54, 1.807) is 36.5 Å². The van der Waals surface area contributed by atoms with Crippen molar-refractivity contribution in [3.63, 3.8) is 0 Å². The van der Waals surface area contributed by atoms with Crippen LogP contribution in [0, 0.1) is 10.1 Å². The molecule has 0 aliphatic carbocycles. The molecule has 0 aliphatic rings. The maximum Gasteiger partial charge on any atom is 0.383 e. The average Bonchev–Trinajstić information content (AvgIpc) is 2.28. The normalized spacial score (nSPS) is 10.1. The number of nitro groups is 1. The molecule has 1 aromatic heterocycles. The van der Waals surface area contributed by atoms with Crippen molar-refractivity contribution in [1.29, 1.82) is 0 Å². The molecular weight excluding hydrogens is 224 g/mol. The fourth-order valence-corrected chi connectivity index (χ4v) is 1.42. The SMILES string of the molecule is O=C(C[N+](=O)[O-])Oc1cccc2ncccc12. The van der Waals surface area contributed by atoms with Crippen LogP contribution in [-0.2, 0) is 4.79 Å². The highest BCUT2D eigenvalue weighted by atomic mass is 16.6. The van der Waals surface area contributed by atoms with Gasteiger partial charge in [-0.25, -0.2) is 4.79 Å². The molecule has 0 spiro atoms. The number of hydrogen-bond donors (Lipinski definition) is 0. The Bertz CT molecular complexity index is 577. The van der Waals surface area contributed by atoms with Crippen molar-refractivity contribution in [2.75, 3.05) is 6.54 Å². The molecule has 0 fully saturated rings. The molecule has 6 nitrogen and oxygen atoms in total. The Morgan fingerprint density at radius 1 is 1.35 bits per heavy atom. The third-order valence-electron chi connectivity index (χ3n) is 2.09. The van der Waals surface area contributed by atoms with E-state index in [1.165, 1.54) is 0 Å². The smallest absolute Gasteiger partial charge is 0.383 e. The number of esters is 1. The minimum Gasteiger partial charge on any atom is -0.421 e. The number of ether oxygens (including phenoxy) is 1. The highest BCUT2D eigenvalue weighted by Crippen LogP contribution is 2.23. The van der Waals surface area contributed by atoms with Gasteiger partial charge in [0.25, 0.3) is 6.54 Å². The van der Waals surface area contributed by atoms with Crippen molar-refractivity contribution < 1.29 is 14.5 Å². The van der Waals surface area contributed by atoms with E-state index in [0.717, 1.165) is 0 Å². The minimum absolute atomic E-state index is 0.280. The Labute approximate surface area is 96.0 Å². The van der Waals surface area contributed by atoms with Gasteiger partial charge >= 0.3 is 5.97 Å². The van der Waals surface area contributed by atoms with Gasteiger partial charge in [0.05, 0.1) is 5.52 Å². The molecule has 0 amide bonds. The number of pyridine rings is 1. The fourth-order valence-electron chi connectivity index (χ4n) is 1.42. The Morgan fingerprint density at radius 3 is 2.94 bits per heavy atom. The summed E-state index contributed by atoms with van der Waals surface area (Å²) < 4.78 is 4.92. The molecule has 0 bridgehead atoms. The molecule has 2 rings (SSSR count). The first-order valence-corrected chi connectivity index (χ1v) is 4.83. The molecule has 6 heteroatoms. The number of benzene rings is 1. The van der Waals surface area contributed by atoms with Crippen LogP contribution in [0.1, 0.15) is 0 Å². The summed E-state index contributed by atoms with van der Waals surface area (Å²) in [6, 6.07) is 8.44. The standard InChI is InChI=1S/C11H8N2O4/c14-11(7-13(15)16)17-10-5-1-4-9-8(10)3-2-6-12-9/h1-6H,7H2. The van der Waals surface area contributed by atoms with Crippen LogP contribution >= 0.6 is 0 Å². The topological polar surface area (TPSA) is 82.3 Å². The molecule has 0 aliphatic heterocycles. The van der Waals surface area contributed by atoms with Gasteiger partial charge in [0.2, 0.25) is 0 Å². The van der Waals surface area contributed by atoms with Gasteiger partial charge in [-0.1, -0.05) is 6.07 Å². The first-order valence-electron chi connectivity index (χ1n) is 4.83. The highest BCUT2D eigenvalue weighted by Gasteiger charge is 2.13. The number of hydrogen-bond acceptors (Lipinski definition) is 5. The summed E-state index contributed by atoms with van der Waals surface area (Å²) >= 11 is 0. The van der Waals surface area contributed by atoms with Crippen molar-refractivity contribution in [3.05, 3.63) is 46.6 Å². The van der Waals surface area contributed by atoms with Crippen LogP contribution in [0.4, 0.5) is 0 Å². The summed E-state index contributed by atoms with van der Waals surface area (Å²) in [5.74, 6) is -0.617. The van der Waals surface area contributed by atoms with Crippen LogP contribution in [0.2, 0.25) is 0 Å². The van der Waals surface area contributed by atoms with Crippen LogP contribution in [0.3, 0.4) is 0 Å². The van der Waals surface area contributed by atoms with E-state index in [9.17, 15) is 14.9 Å². The molecule has 0 radical (unpaired) electrons. The highest BCUT2D eigenvalue weighted by molar-refractivity contribution is 5.87. The lowest BCUT2D eigenvalue weighted by Crippen LogP contribution is -2.19. The monoisotopic (exact) mass is 232 g/mol. The van der Waals surface area contributed by atoms with Gasteiger partial charge < -0.3 is 4.74 Å². The third-order valence-corrected chi connectivity index (χ3v) is 2.09. The van der Waals surface area contributed by atoms with E-state index in [1.807, 2.05) is 0 Å².